The molecule has 0 aliphatic rings. The summed E-state index contributed by atoms with van der Waals surface area (Å²) in [6, 6.07) is 16.8. The van der Waals surface area contributed by atoms with E-state index < -0.39 is 0 Å². The number of nitrogens with one attached hydrogen (secondary N) is 1. The standard InChI is InChI=1S/C18H17FN2/c1-12-10-15-6-3-4-9-17(15)21-18(12)20-13(2)14-7-5-8-16(19)11-14/h3-11,13H,1-2H3,(H,20,21). The largest absolute Gasteiger partial charge is 0.363 e. The van der Waals surface area contributed by atoms with E-state index in [9.17, 15) is 4.39 Å². The molecular formula is C18H17FN2. The zero-order valence-electron chi connectivity index (χ0n) is 12.1. The topological polar surface area (TPSA) is 24.9 Å². The van der Waals surface area contributed by atoms with E-state index in [1.54, 1.807) is 12.1 Å². The molecule has 0 amide bonds. The van der Waals surface area contributed by atoms with Crippen molar-refractivity contribution in [2.75, 3.05) is 5.32 Å². The maximum Gasteiger partial charge on any atom is 0.130 e. The minimum Gasteiger partial charge on any atom is -0.363 e. The molecule has 0 aliphatic heterocycles. The molecule has 0 bridgehead atoms. The number of aryl methyl sites for hydroxylation is 1. The second kappa shape index (κ2) is 5.52. The molecule has 1 heterocycles. The van der Waals surface area contributed by atoms with Gasteiger partial charge in [-0.25, -0.2) is 9.37 Å². The molecule has 1 unspecified atom stereocenters. The molecule has 21 heavy (non-hydrogen) atoms. The minimum atomic E-state index is -0.218. The molecule has 1 aromatic heterocycles. The molecule has 106 valence electrons. The highest BCUT2D eigenvalue weighted by molar-refractivity contribution is 5.81. The summed E-state index contributed by atoms with van der Waals surface area (Å²) in [4.78, 5) is 4.66. The van der Waals surface area contributed by atoms with Crippen LogP contribution in [-0.2, 0) is 0 Å². The molecule has 0 fully saturated rings. The van der Waals surface area contributed by atoms with Gasteiger partial charge in [0.1, 0.15) is 11.6 Å². The predicted octanol–water partition coefficient (Wildman–Crippen LogP) is 4.86. The molecule has 0 spiro atoms. The van der Waals surface area contributed by atoms with Crippen LogP contribution < -0.4 is 5.32 Å². The number of rotatable bonds is 3. The monoisotopic (exact) mass is 280 g/mol. The van der Waals surface area contributed by atoms with Crippen molar-refractivity contribution in [1.82, 2.24) is 4.98 Å². The number of aromatic nitrogens is 1. The lowest BCUT2D eigenvalue weighted by molar-refractivity contribution is 0.623. The number of anilines is 1. The average molecular weight is 280 g/mol. The first-order valence-electron chi connectivity index (χ1n) is 7.02. The van der Waals surface area contributed by atoms with E-state index in [2.05, 4.69) is 22.4 Å². The van der Waals surface area contributed by atoms with Crippen LogP contribution in [0, 0.1) is 12.7 Å². The number of benzene rings is 2. The average Bonchev–Trinajstić information content (AvgIpc) is 2.48. The Hall–Kier alpha value is -2.42. The highest BCUT2D eigenvalue weighted by Gasteiger charge is 2.09. The lowest BCUT2D eigenvalue weighted by Gasteiger charge is -2.17. The Labute approximate surface area is 123 Å². The minimum absolute atomic E-state index is 0.00642. The molecule has 3 rings (SSSR count). The molecule has 1 N–H and O–H groups in total. The number of fused-ring (bicyclic) bond motifs is 1. The molecule has 0 aliphatic carbocycles. The Morgan fingerprint density at radius 2 is 1.86 bits per heavy atom. The van der Waals surface area contributed by atoms with Gasteiger partial charge in [-0.2, -0.15) is 0 Å². The van der Waals surface area contributed by atoms with Crippen LogP contribution >= 0.6 is 0 Å². The fourth-order valence-corrected chi connectivity index (χ4v) is 2.43. The first-order valence-corrected chi connectivity index (χ1v) is 7.02. The summed E-state index contributed by atoms with van der Waals surface area (Å²) in [6.07, 6.45) is 0. The Bertz CT molecular complexity index is 783. The molecular weight excluding hydrogens is 263 g/mol. The van der Waals surface area contributed by atoms with Gasteiger partial charge in [-0.05, 0) is 49.2 Å². The van der Waals surface area contributed by atoms with E-state index in [0.717, 1.165) is 27.8 Å². The fourth-order valence-electron chi connectivity index (χ4n) is 2.43. The van der Waals surface area contributed by atoms with E-state index in [-0.39, 0.29) is 11.9 Å². The SMILES string of the molecule is Cc1cc2ccccc2nc1NC(C)c1cccc(F)c1. The summed E-state index contributed by atoms with van der Waals surface area (Å²) in [5.41, 5.74) is 2.94. The highest BCUT2D eigenvalue weighted by atomic mass is 19.1. The van der Waals surface area contributed by atoms with Gasteiger partial charge >= 0.3 is 0 Å². The maximum absolute atomic E-state index is 13.3. The summed E-state index contributed by atoms with van der Waals surface area (Å²) in [7, 11) is 0. The van der Waals surface area contributed by atoms with Crippen LogP contribution in [-0.4, -0.2) is 4.98 Å². The molecule has 2 nitrogen and oxygen atoms in total. The van der Waals surface area contributed by atoms with Crippen molar-refractivity contribution in [1.29, 1.82) is 0 Å². The quantitative estimate of drug-likeness (QED) is 0.741. The van der Waals surface area contributed by atoms with Crippen molar-refractivity contribution in [2.24, 2.45) is 0 Å². The van der Waals surface area contributed by atoms with Gasteiger partial charge in [0.15, 0.2) is 0 Å². The van der Waals surface area contributed by atoms with Crippen LogP contribution in [0.3, 0.4) is 0 Å². The maximum atomic E-state index is 13.3. The smallest absolute Gasteiger partial charge is 0.130 e. The number of para-hydroxylation sites is 1. The summed E-state index contributed by atoms with van der Waals surface area (Å²) < 4.78 is 13.3. The van der Waals surface area contributed by atoms with E-state index in [4.69, 9.17) is 0 Å². The van der Waals surface area contributed by atoms with Crippen molar-refractivity contribution in [3.8, 4) is 0 Å². The third-order valence-electron chi connectivity index (χ3n) is 3.62. The Kier molecular flexibility index (Phi) is 3.57. The second-order valence-electron chi connectivity index (χ2n) is 5.27. The van der Waals surface area contributed by atoms with Crippen LogP contribution in [0.5, 0.6) is 0 Å². The van der Waals surface area contributed by atoms with Crippen LogP contribution in [0.15, 0.2) is 54.6 Å². The molecule has 0 saturated carbocycles. The molecule has 0 radical (unpaired) electrons. The molecule has 3 aromatic rings. The molecule has 3 heteroatoms. The normalized spacial score (nSPS) is 12.3. The van der Waals surface area contributed by atoms with Crippen LogP contribution in [0.2, 0.25) is 0 Å². The second-order valence-corrected chi connectivity index (χ2v) is 5.27. The number of nitrogens with zero attached hydrogens (tertiary/aromatic N) is 1. The Morgan fingerprint density at radius 3 is 2.67 bits per heavy atom. The van der Waals surface area contributed by atoms with Crippen molar-refractivity contribution >= 4 is 16.7 Å². The predicted molar refractivity (Wildman–Crippen MR) is 84.9 cm³/mol. The van der Waals surface area contributed by atoms with Crippen molar-refractivity contribution in [2.45, 2.75) is 19.9 Å². The lowest BCUT2D eigenvalue weighted by atomic mass is 10.1. The van der Waals surface area contributed by atoms with Crippen molar-refractivity contribution in [3.63, 3.8) is 0 Å². The highest BCUT2D eigenvalue weighted by Crippen LogP contribution is 2.24. The number of pyridine rings is 1. The van der Waals surface area contributed by atoms with Gasteiger partial charge in [-0.15, -0.1) is 0 Å². The van der Waals surface area contributed by atoms with Gasteiger partial charge in [-0.1, -0.05) is 30.3 Å². The number of hydrogen-bond acceptors (Lipinski definition) is 2. The number of hydrogen-bond donors (Lipinski definition) is 1. The van der Waals surface area contributed by atoms with Gasteiger partial charge in [0, 0.05) is 5.39 Å². The van der Waals surface area contributed by atoms with Gasteiger partial charge in [0.25, 0.3) is 0 Å². The van der Waals surface area contributed by atoms with Gasteiger partial charge in [0.2, 0.25) is 0 Å². The zero-order valence-corrected chi connectivity index (χ0v) is 12.1. The number of halogens is 1. The van der Waals surface area contributed by atoms with Crippen molar-refractivity contribution in [3.05, 3.63) is 71.5 Å². The third kappa shape index (κ3) is 2.87. The van der Waals surface area contributed by atoms with E-state index >= 15 is 0 Å². The molecule has 1 atom stereocenters. The van der Waals surface area contributed by atoms with Gasteiger partial charge < -0.3 is 5.32 Å². The lowest BCUT2D eigenvalue weighted by Crippen LogP contribution is -2.09. The summed E-state index contributed by atoms with van der Waals surface area (Å²) in [5.74, 6) is 0.620. The van der Waals surface area contributed by atoms with E-state index in [1.807, 2.05) is 38.1 Å². The van der Waals surface area contributed by atoms with Crippen LogP contribution in [0.25, 0.3) is 10.9 Å². The van der Waals surface area contributed by atoms with Crippen LogP contribution in [0.4, 0.5) is 10.2 Å². The van der Waals surface area contributed by atoms with Gasteiger partial charge in [-0.3, -0.25) is 0 Å². The summed E-state index contributed by atoms with van der Waals surface area (Å²) in [6.45, 7) is 4.03. The van der Waals surface area contributed by atoms with Gasteiger partial charge in [0.05, 0.1) is 11.6 Å². The first-order chi connectivity index (χ1) is 10.1. The Balaban J connectivity index is 1.92. The fraction of sp³-hybridized carbons (Fsp3) is 0.167. The summed E-state index contributed by atoms with van der Waals surface area (Å²) in [5, 5.41) is 4.49. The third-order valence-corrected chi connectivity index (χ3v) is 3.62. The molecule has 0 saturated heterocycles. The van der Waals surface area contributed by atoms with E-state index in [1.165, 1.54) is 6.07 Å². The first kappa shape index (κ1) is 13.6. The van der Waals surface area contributed by atoms with Crippen LogP contribution in [0.1, 0.15) is 24.1 Å². The van der Waals surface area contributed by atoms with Crippen molar-refractivity contribution < 1.29 is 4.39 Å². The molecule has 2 aromatic carbocycles. The van der Waals surface area contributed by atoms with E-state index in [0.29, 0.717) is 0 Å². The summed E-state index contributed by atoms with van der Waals surface area (Å²) >= 11 is 0. The zero-order chi connectivity index (χ0) is 14.8. The Morgan fingerprint density at radius 1 is 1.05 bits per heavy atom.